The molecule has 0 saturated carbocycles. The van der Waals surface area contributed by atoms with Crippen molar-refractivity contribution in [3.05, 3.63) is 0 Å². The number of nitrogens with one attached hydrogen (secondary N) is 1. The summed E-state index contributed by atoms with van der Waals surface area (Å²) in [6.45, 7) is 6.28. The van der Waals surface area contributed by atoms with Crippen molar-refractivity contribution in [3.63, 3.8) is 0 Å². The fourth-order valence-electron chi connectivity index (χ4n) is 0.895. The molecule has 0 saturated heterocycles. The predicted octanol–water partition coefficient (Wildman–Crippen LogP) is 1.63. The number of hydrazone groups is 1. The van der Waals surface area contributed by atoms with Crippen LogP contribution >= 0.6 is 12.2 Å². The Morgan fingerprint density at radius 3 is 2.67 bits per heavy atom. The number of hydrogen-bond acceptors (Lipinski definition) is 2. The average Bonchev–Trinajstić information content (AvgIpc) is 2.00. The first kappa shape index (κ1) is 11.4. The van der Waals surface area contributed by atoms with Gasteiger partial charge in [0, 0.05) is 5.71 Å². The summed E-state index contributed by atoms with van der Waals surface area (Å²) >= 11 is 4.62. The van der Waals surface area contributed by atoms with Crippen LogP contribution in [-0.4, -0.2) is 10.8 Å². The minimum absolute atomic E-state index is 0.220. The quantitative estimate of drug-likeness (QED) is 0.399. The van der Waals surface area contributed by atoms with Gasteiger partial charge < -0.3 is 5.73 Å². The molecule has 4 heteroatoms. The molecule has 1 unspecified atom stereocenters. The number of rotatable bonds is 4. The van der Waals surface area contributed by atoms with E-state index in [0.29, 0.717) is 5.92 Å². The highest BCUT2D eigenvalue weighted by Gasteiger charge is 2.03. The van der Waals surface area contributed by atoms with Crippen LogP contribution in [-0.2, 0) is 0 Å². The van der Waals surface area contributed by atoms with Crippen LogP contribution in [0.5, 0.6) is 0 Å². The zero-order valence-electron chi connectivity index (χ0n) is 7.92. The fourth-order valence-corrected chi connectivity index (χ4v) is 0.941. The Kier molecular flexibility index (Phi) is 5.62. The van der Waals surface area contributed by atoms with E-state index in [0.717, 1.165) is 12.1 Å². The maximum atomic E-state index is 5.23. The van der Waals surface area contributed by atoms with Crippen LogP contribution in [0.4, 0.5) is 0 Å². The summed E-state index contributed by atoms with van der Waals surface area (Å²) in [6.07, 6.45) is 2.31. The second-order valence-corrected chi connectivity index (χ2v) is 3.36. The van der Waals surface area contributed by atoms with Gasteiger partial charge in [-0.1, -0.05) is 20.3 Å². The lowest BCUT2D eigenvalue weighted by molar-refractivity contribution is 0.659. The normalized spacial score (nSPS) is 14.1. The standard InChI is InChI=1S/C8H17N3S/c1-4-5-6(2)7(3)10-11-8(9)12/h6H,4-5H2,1-3H3,(H3,9,11,12)/b10-7-. The van der Waals surface area contributed by atoms with Gasteiger partial charge in [0.2, 0.25) is 0 Å². The smallest absolute Gasteiger partial charge is 0.184 e. The van der Waals surface area contributed by atoms with Crippen molar-refractivity contribution < 1.29 is 0 Å². The Bertz CT molecular complexity index is 177. The molecule has 12 heavy (non-hydrogen) atoms. The predicted molar refractivity (Wildman–Crippen MR) is 57.1 cm³/mol. The highest BCUT2D eigenvalue weighted by molar-refractivity contribution is 7.80. The summed E-state index contributed by atoms with van der Waals surface area (Å²) < 4.78 is 0. The van der Waals surface area contributed by atoms with E-state index in [1.807, 2.05) is 6.92 Å². The van der Waals surface area contributed by atoms with Crippen LogP contribution in [0.25, 0.3) is 0 Å². The molecule has 3 N–H and O–H groups in total. The van der Waals surface area contributed by atoms with E-state index >= 15 is 0 Å². The molecular formula is C8H17N3S. The molecule has 0 amide bonds. The van der Waals surface area contributed by atoms with Gasteiger partial charge in [-0.05, 0) is 31.5 Å². The average molecular weight is 187 g/mol. The Balaban J connectivity index is 3.89. The molecule has 0 heterocycles. The number of thiocarbonyl (C=S) groups is 1. The van der Waals surface area contributed by atoms with Crippen molar-refractivity contribution in [3.8, 4) is 0 Å². The molecule has 1 atom stereocenters. The van der Waals surface area contributed by atoms with E-state index in [-0.39, 0.29) is 5.11 Å². The topological polar surface area (TPSA) is 50.4 Å². The lowest BCUT2D eigenvalue weighted by Crippen LogP contribution is -2.26. The molecule has 0 aliphatic rings. The second-order valence-electron chi connectivity index (χ2n) is 2.92. The molecule has 0 aliphatic heterocycles. The van der Waals surface area contributed by atoms with Gasteiger partial charge in [-0.2, -0.15) is 5.10 Å². The van der Waals surface area contributed by atoms with Crippen LogP contribution in [0.1, 0.15) is 33.6 Å². The molecule has 0 radical (unpaired) electrons. The number of nitrogens with two attached hydrogens (primary N) is 1. The lowest BCUT2D eigenvalue weighted by atomic mass is 10.0. The van der Waals surface area contributed by atoms with E-state index in [9.17, 15) is 0 Å². The molecule has 0 aromatic rings. The highest BCUT2D eigenvalue weighted by Crippen LogP contribution is 2.06. The molecular weight excluding hydrogens is 170 g/mol. The SMILES string of the molecule is CCCC(C)/C(C)=N\NC(N)=S. The monoisotopic (exact) mass is 187 g/mol. The fraction of sp³-hybridized carbons (Fsp3) is 0.750. The van der Waals surface area contributed by atoms with Gasteiger partial charge in [-0.15, -0.1) is 0 Å². The zero-order chi connectivity index (χ0) is 9.56. The van der Waals surface area contributed by atoms with E-state index in [2.05, 4.69) is 36.6 Å². The highest BCUT2D eigenvalue weighted by atomic mass is 32.1. The lowest BCUT2D eigenvalue weighted by Gasteiger charge is -2.08. The largest absolute Gasteiger partial charge is 0.375 e. The molecule has 0 aliphatic carbocycles. The van der Waals surface area contributed by atoms with E-state index in [1.54, 1.807) is 0 Å². The molecule has 70 valence electrons. The maximum Gasteiger partial charge on any atom is 0.184 e. The van der Waals surface area contributed by atoms with Crippen molar-refractivity contribution in [1.82, 2.24) is 5.43 Å². The minimum atomic E-state index is 0.220. The molecule has 0 fully saturated rings. The van der Waals surface area contributed by atoms with Gasteiger partial charge in [0.25, 0.3) is 0 Å². The summed E-state index contributed by atoms with van der Waals surface area (Å²) in [5.41, 5.74) is 8.86. The molecule has 0 aromatic carbocycles. The van der Waals surface area contributed by atoms with Crippen molar-refractivity contribution in [2.75, 3.05) is 0 Å². The summed E-state index contributed by atoms with van der Waals surface area (Å²) in [4.78, 5) is 0. The molecule has 0 spiro atoms. The maximum absolute atomic E-state index is 5.23. The van der Waals surface area contributed by atoms with Crippen molar-refractivity contribution >= 4 is 23.0 Å². The van der Waals surface area contributed by atoms with Crippen LogP contribution in [0.2, 0.25) is 0 Å². The first-order valence-electron chi connectivity index (χ1n) is 4.17. The third kappa shape index (κ3) is 5.07. The molecule has 3 nitrogen and oxygen atoms in total. The first-order valence-corrected chi connectivity index (χ1v) is 4.58. The van der Waals surface area contributed by atoms with Crippen molar-refractivity contribution in [2.45, 2.75) is 33.6 Å². The minimum Gasteiger partial charge on any atom is -0.375 e. The summed E-state index contributed by atoms with van der Waals surface area (Å²) in [6, 6.07) is 0. The van der Waals surface area contributed by atoms with Crippen LogP contribution in [0, 0.1) is 5.92 Å². The Morgan fingerprint density at radius 2 is 2.25 bits per heavy atom. The second kappa shape index (κ2) is 5.94. The zero-order valence-corrected chi connectivity index (χ0v) is 8.74. The molecule has 0 rings (SSSR count). The van der Waals surface area contributed by atoms with E-state index < -0.39 is 0 Å². The summed E-state index contributed by atoms with van der Waals surface area (Å²) in [5, 5.41) is 4.26. The van der Waals surface area contributed by atoms with Gasteiger partial charge in [0.15, 0.2) is 5.11 Å². The van der Waals surface area contributed by atoms with Crippen molar-refractivity contribution in [1.29, 1.82) is 0 Å². The third-order valence-electron chi connectivity index (χ3n) is 1.78. The van der Waals surface area contributed by atoms with Crippen LogP contribution < -0.4 is 11.2 Å². The first-order chi connectivity index (χ1) is 5.57. The van der Waals surface area contributed by atoms with E-state index in [4.69, 9.17) is 5.73 Å². The summed E-state index contributed by atoms with van der Waals surface area (Å²) in [5.74, 6) is 0.497. The molecule has 0 bridgehead atoms. The third-order valence-corrected chi connectivity index (χ3v) is 1.87. The summed E-state index contributed by atoms with van der Waals surface area (Å²) in [7, 11) is 0. The van der Waals surface area contributed by atoms with Crippen LogP contribution in [0.15, 0.2) is 5.10 Å². The van der Waals surface area contributed by atoms with Gasteiger partial charge in [-0.3, -0.25) is 5.43 Å². The molecule has 0 aromatic heterocycles. The van der Waals surface area contributed by atoms with Gasteiger partial charge >= 0.3 is 0 Å². The van der Waals surface area contributed by atoms with Gasteiger partial charge in [0.05, 0.1) is 0 Å². The van der Waals surface area contributed by atoms with Gasteiger partial charge in [-0.25, -0.2) is 0 Å². The number of hydrogen-bond donors (Lipinski definition) is 2. The Hall–Kier alpha value is -0.640. The van der Waals surface area contributed by atoms with E-state index in [1.165, 1.54) is 6.42 Å². The Morgan fingerprint density at radius 1 is 1.67 bits per heavy atom. The van der Waals surface area contributed by atoms with Crippen molar-refractivity contribution in [2.24, 2.45) is 16.8 Å². The van der Waals surface area contributed by atoms with Crippen LogP contribution in [0.3, 0.4) is 0 Å². The Labute approximate surface area is 79.4 Å². The number of nitrogens with zero attached hydrogens (tertiary/aromatic N) is 1. The van der Waals surface area contributed by atoms with Gasteiger partial charge in [0.1, 0.15) is 0 Å².